The van der Waals surface area contributed by atoms with Crippen molar-refractivity contribution in [3.8, 4) is 0 Å². The van der Waals surface area contributed by atoms with Crippen molar-refractivity contribution in [2.24, 2.45) is 0 Å². The molecule has 8 nitrogen and oxygen atoms in total. The number of hydrogen-bond acceptors (Lipinski definition) is 6. The van der Waals surface area contributed by atoms with E-state index >= 15 is 0 Å². The Bertz CT molecular complexity index is 1040. The second-order valence-electron chi connectivity index (χ2n) is 7.00. The SMILES string of the molecule is CC(=O)c1c(NC(=O)C(=O)O)sc2c1CC(CN1Cc3ccccc3C1=O)OC2. The highest BCUT2D eigenvalue weighted by molar-refractivity contribution is 7.17. The summed E-state index contributed by atoms with van der Waals surface area (Å²) in [5.41, 5.74) is 2.75. The number of nitrogens with zero attached hydrogens (tertiary/aromatic N) is 1. The molecule has 2 aromatic rings. The van der Waals surface area contributed by atoms with Crippen molar-refractivity contribution >= 4 is 39.9 Å². The van der Waals surface area contributed by atoms with E-state index in [-0.39, 0.29) is 29.4 Å². The Balaban J connectivity index is 1.53. The molecule has 0 fully saturated rings. The minimum atomic E-state index is -1.62. The number of thiophene rings is 1. The largest absolute Gasteiger partial charge is 0.474 e. The van der Waals surface area contributed by atoms with Gasteiger partial charge in [-0.15, -0.1) is 11.3 Å². The number of carboxylic acids is 1. The lowest BCUT2D eigenvalue weighted by atomic mass is 9.98. The fraction of sp³-hybridized carbons (Fsp3) is 0.300. The van der Waals surface area contributed by atoms with Crippen LogP contribution in [0, 0.1) is 0 Å². The van der Waals surface area contributed by atoms with Crippen LogP contribution >= 0.6 is 11.3 Å². The van der Waals surface area contributed by atoms with E-state index in [2.05, 4.69) is 5.32 Å². The van der Waals surface area contributed by atoms with E-state index in [9.17, 15) is 19.2 Å². The average Bonchev–Trinajstić information content (AvgIpc) is 3.19. The molecule has 1 aromatic carbocycles. The van der Waals surface area contributed by atoms with E-state index in [4.69, 9.17) is 9.84 Å². The maximum Gasteiger partial charge on any atom is 0.394 e. The zero-order valence-electron chi connectivity index (χ0n) is 15.6. The maximum absolute atomic E-state index is 12.6. The first-order chi connectivity index (χ1) is 13.8. The number of ether oxygens (including phenoxy) is 1. The van der Waals surface area contributed by atoms with Crippen LogP contribution in [0.25, 0.3) is 0 Å². The van der Waals surface area contributed by atoms with Crippen LogP contribution in [0.2, 0.25) is 0 Å². The molecule has 0 radical (unpaired) electrons. The second kappa shape index (κ2) is 7.41. The topological polar surface area (TPSA) is 113 Å². The molecule has 2 N–H and O–H groups in total. The van der Waals surface area contributed by atoms with Gasteiger partial charge in [-0.05, 0) is 24.1 Å². The minimum absolute atomic E-state index is 0.0403. The van der Waals surface area contributed by atoms with E-state index < -0.39 is 11.9 Å². The molecule has 2 aliphatic rings. The molecule has 2 amide bonds. The maximum atomic E-state index is 12.6. The number of carbonyl (C=O) groups is 4. The molecular formula is C20H18N2O6S. The van der Waals surface area contributed by atoms with Gasteiger partial charge in [0.15, 0.2) is 5.78 Å². The highest BCUT2D eigenvalue weighted by Gasteiger charge is 2.33. The van der Waals surface area contributed by atoms with Crippen LogP contribution in [0.4, 0.5) is 5.00 Å². The molecule has 29 heavy (non-hydrogen) atoms. The van der Waals surface area contributed by atoms with Gasteiger partial charge in [0.1, 0.15) is 5.00 Å². The molecule has 9 heteroatoms. The number of aliphatic carboxylic acids is 1. The summed E-state index contributed by atoms with van der Waals surface area (Å²) in [5.74, 6) is -3.11. The molecule has 2 aliphatic heterocycles. The molecule has 0 aliphatic carbocycles. The van der Waals surface area contributed by atoms with E-state index in [0.717, 1.165) is 27.3 Å². The Morgan fingerprint density at radius 1 is 1.31 bits per heavy atom. The number of benzene rings is 1. The summed E-state index contributed by atoms with van der Waals surface area (Å²) >= 11 is 1.15. The zero-order valence-corrected chi connectivity index (χ0v) is 16.4. The van der Waals surface area contributed by atoms with Crippen LogP contribution in [0.15, 0.2) is 24.3 Å². The monoisotopic (exact) mass is 414 g/mol. The van der Waals surface area contributed by atoms with Gasteiger partial charge in [-0.3, -0.25) is 14.4 Å². The van der Waals surface area contributed by atoms with Gasteiger partial charge in [0.2, 0.25) is 0 Å². The van der Waals surface area contributed by atoms with Gasteiger partial charge in [0.25, 0.3) is 5.91 Å². The van der Waals surface area contributed by atoms with Crippen LogP contribution in [0.1, 0.15) is 43.6 Å². The molecule has 4 rings (SSSR count). The Morgan fingerprint density at radius 3 is 2.76 bits per heavy atom. The van der Waals surface area contributed by atoms with Gasteiger partial charge in [0.05, 0.1) is 18.3 Å². The fourth-order valence-corrected chi connectivity index (χ4v) is 4.96. The number of carboxylic acid groups (broad SMARTS) is 1. The second-order valence-corrected chi connectivity index (χ2v) is 8.11. The molecule has 1 aromatic heterocycles. The van der Waals surface area contributed by atoms with E-state index in [0.29, 0.717) is 30.6 Å². The molecule has 3 heterocycles. The molecule has 1 atom stereocenters. The summed E-state index contributed by atoms with van der Waals surface area (Å²) in [6, 6.07) is 7.47. The smallest absolute Gasteiger partial charge is 0.394 e. The number of anilines is 1. The summed E-state index contributed by atoms with van der Waals surface area (Å²) in [5, 5.41) is 11.3. The highest BCUT2D eigenvalue weighted by Crippen LogP contribution is 2.38. The number of fused-ring (bicyclic) bond motifs is 2. The van der Waals surface area contributed by atoms with Crippen molar-refractivity contribution in [1.82, 2.24) is 4.90 Å². The first-order valence-corrected chi connectivity index (χ1v) is 9.85. The normalized spacial score (nSPS) is 17.6. The van der Waals surface area contributed by atoms with E-state index in [1.54, 1.807) is 4.90 Å². The van der Waals surface area contributed by atoms with E-state index in [1.165, 1.54) is 6.92 Å². The predicted octanol–water partition coefficient (Wildman–Crippen LogP) is 2.07. The Hall–Kier alpha value is -3.04. The standard InChI is InChI=1S/C20H18N2O6S/c1-10(23)16-14-6-12(8-22-7-11-4-2-3-5-13(11)19(22)25)28-9-15(14)29-18(16)21-17(24)20(26)27/h2-5,12H,6-9H2,1H3,(H,21,24)(H,26,27). The van der Waals surface area contributed by atoms with Crippen molar-refractivity contribution < 1.29 is 29.0 Å². The minimum Gasteiger partial charge on any atom is -0.474 e. The Labute approximate surface area is 170 Å². The zero-order chi connectivity index (χ0) is 20.7. The van der Waals surface area contributed by atoms with Gasteiger partial charge in [-0.2, -0.15) is 0 Å². The van der Waals surface area contributed by atoms with Gasteiger partial charge < -0.3 is 20.1 Å². The number of rotatable bonds is 4. The number of amides is 2. The van der Waals surface area contributed by atoms with Gasteiger partial charge in [-0.1, -0.05) is 18.2 Å². The van der Waals surface area contributed by atoms with Crippen molar-refractivity contribution in [1.29, 1.82) is 0 Å². The number of nitrogens with one attached hydrogen (secondary N) is 1. The first kappa shape index (κ1) is 19.3. The van der Waals surface area contributed by atoms with Crippen molar-refractivity contribution in [2.75, 3.05) is 11.9 Å². The van der Waals surface area contributed by atoms with Crippen LogP contribution in [0.5, 0.6) is 0 Å². The van der Waals surface area contributed by atoms with Crippen LogP contribution in [-0.4, -0.2) is 46.2 Å². The van der Waals surface area contributed by atoms with Gasteiger partial charge >= 0.3 is 11.9 Å². The Morgan fingerprint density at radius 2 is 2.07 bits per heavy atom. The molecule has 0 saturated heterocycles. The lowest BCUT2D eigenvalue weighted by molar-refractivity contribution is -0.147. The van der Waals surface area contributed by atoms with Crippen LogP contribution in [-0.2, 0) is 33.9 Å². The third-order valence-electron chi connectivity index (χ3n) is 5.07. The molecule has 0 saturated carbocycles. The quantitative estimate of drug-likeness (QED) is 0.585. The molecule has 1 unspecified atom stereocenters. The van der Waals surface area contributed by atoms with Crippen molar-refractivity contribution in [3.63, 3.8) is 0 Å². The van der Waals surface area contributed by atoms with Crippen molar-refractivity contribution in [2.45, 2.75) is 32.6 Å². The van der Waals surface area contributed by atoms with Crippen LogP contribution in [0.3, 0.4) is 0 Å². The number of hydrogen-bond donors (Lipinski definition) is 2. The lowest BCUT2D eigenvalue weighted by Gasteiger charge is -2.27. The summed E-state index contributed by atoms with van der Waals surface area (Å²) in [6.07, 6.45) is 0.112. The molecule has 150 valence electrons. The van der Waals surface area contributed by atoms with Gasteiger partial charge in [0, 0.05) is 30.0 Å². The van der Waals surface area contributed by atoms with E-state index in [1.807, 2.05) is 24.3 Å². The number of ketones is 1. The number of carbonyl (C=O) groups excluding carboxylic acids is 3. The summed E-state index contributed by atoms with van der Waals surface area (Å²) < 4.78 is 5.89. The highest BCUT2D eigenvalue weighted by atomic mass is 32.1. The lowest BCUT2D eigenvalue weighted by Crippen LogP contribution is -2.37. The number of Topliss-reactive ketones (excluding diaryl/α,β-unsaturated/α-hetero) is 1. The fourth-order valence-electron chi connectivity index (χ4n) is 3.77. The van der Waals surface area contributed by atoms with Crippen molar-refractivity contribution in [3.05, 3.63) is 51.4 Å². The summed E-state index contributed by atoms with van der Waals surface area (Å²) in [6.45, 7) is 2.52. The Kier molecular flexibility index (Phi) is 4.93. The first-order valence-electron chi connectivity index (χ1n) is 9.03. The summed E-state index contributed by atoms with van der Waals surface area (Å²) in [7, 11) is 0. The third-order valence-corrected chi connectivity index (χ3v) is 6.19. The summed E-state index contributed by atoms with van der Waals surface area (Å²) in [4.78, 5) is 49.7. The predicted molar refractivity (Wildman–Crippen MR) is 104 cm³/mol. The van der Waals surface area contributed by atoms with Gasteiger partial charge in [-0.25, -0.2) is 4.79 Å². The average molecular weight is 414 g/mol. The van der Waals surface area contributed by atoms with Crippen LogP contribution < -0.4 is 5.32 Å². The third kappa shape index (κ3) is 3.54. The molecule has 0 spiro atoms. The molecule has 0 bridgehead atoms. The molecular weight excluding hydrogens is 396 g/mol.